The lowest BCUT2D eigenvalue weighted by Gasteiger charge is -2.24. The first-order valence-corrected chi connectivity index (χ1v) is 6.70. The molecule has 2 N–H and O–H groups in total. The van der Waals surface area contributed by atoms with Crippen LogP contribution in [0.25, 0.3) is 0 Å². The molecule has 0 saturated heterocycles. The number of rotatable bonds is 5. The van der Waals surface area contributed by atoms with Gasteiger partial charge in [0.25, 0.3) is 5.56 Å². The molecule has 0 saturated carbocycles. The zero-order valence-electron chi connectivity index (χ0n) is 11.9. The Kier molecular flexibility index (Phi) is 4.53. The van der Waals surface area contributed by atoms with Gasteiger partial charge in [0.05, 0.1) is 0 Å². The number of benzene rings is 1. The summed E-state index contributed by atoms with van der Waals surface area (Å²) in [5.41, 5.74) is 7.61. The first-order valence-electron chi connectivity index (χ1n) is 6.70. The van der Waals surface area contributed by atoms with Crippen molar-refractivity contribution in [2.45, 2.75) is 13.3 Å². The van der Waals surface area contributed by atoms with Gasteiger partial charge < -0.3 is 15.2 Å². The maximum atomic E-state index is 12.3. The van der Waals surface area contributed by atoms with Crippen molar-refractivity contribution in [2.24, 2.45) is 12.8 Å². The second kappa shape index (κ2) is 6.34. The van der Waals surface area contributed by atoms with Crippen LogP contribution < -0.4 is 16.2 Å². The standard InChI is InChI=1S/C15H20N4O/c1-12-6-3-4-7-13(12)19(10-5-8-16)14-15(20)18(2)11-9-17-14/h3-4,6-7,9,11H,5,8,10,16H2,1-2H3. The Hall–Kier alpha value is -2.14. The van der Waals surface area contributed by atoms with Crippen molar-refractivity contribution < 1.29 is 0 Å². The molecule has 0 aliphatic rings. The fourth-order valence-corrected chi connectivity index (χ4v) is 2.13. The van der Waals surface area contributed by atoms with Gasteiger partial charge in [0.15, 0.2) is 5.82 Å². The van der Waals surface area contributed by atoms with E-state index in [-0.39, 0.29) is 5.56 Å². The molecule has 106 valence electrons. The van der Waals surface area contributed by atoms with Gasteiger partial charge >= 0.3 is 0 Å². The van der Waals surface area contributed by atoms with Crippen LogP contribution in [0.5, 0.6) is 0 Å². The van der Waals surface area contributed by atoms with Crippen LogP contribution in [0, 0.1) is 6.92 Å². The fraction of sp³-hybridized carbons (Fsp3) is 0.333. The fourth-order valence-electron chi connectivity index (χ4n) is 2.13. The van der Waals surface area contributed by atoms with Crippen LogP contribution in [0.1, 0.15) is 12.0 Å². The highest BCUT2D eigenvalue weighted by atomic mass is 16.1. The number of para-hydroxylation sites is 1. The molecule has 2 aromatic rings. The number of aromatic nitrogens is 2. The van der Waals surface area contributed by atoms with E-state index in [1.54, 1.807) is 19.4 Å². The van der Waals surface area contributed by atoms with Gasteiger partial charge in [0, 0.05) is 31.7 Å². The third-order valence-corrected chi connectivity index (χ3v) is 3.25. The highest BCUT2D eigenvalue weighted by Crippen LogP contribution is 2.24. The summed E-state index contributed by atoms with van der Waals surface area (Å²) in [6.07, 6.45) is 4.10. The van der Waals surface area contributed by atoms with Crippen LogP contribution in [0.2, 0.25) is 0 Å². The molecular weight excluding hydrogens is 252 g/mol. The topological polar surface area (TPSA) is 64.2 Å². The van der Waals surface area contributed by atoms with Crippen LogP contribution in [0.4, 0.5) is 11.5 Å². The van der Waals surface area contributed by atoms with E-state index in [0.717, 1.165) is 17.7 Å². The molecule has 2 rings (SSSR count). The molecule has 5 nitrogen and oxygen atoms in total. The summed E-state index contributed by atoms with van der Waals surface area (Å²) in [5.74, 6) is 0.442. The van der Waals surface area contributed by atoms with Crippen LogP contribution in [0.15, 0.2) is 41.5 Å². The summed E-state index contributed by atoms with van der Waals surface area (Å²) in [7, 11) is 1.73. The molecule has 0 unspecified atom stereocenters. The van der Waals surface area contributed by atoms with Gasteiger partial charge in [0.1, 0.15) is 0 Å². The van der Waals surface area contributed by atoms with E-state index in [1.165, 1.54) is 4.57 Å². The first kappa shape index (κ1) is 14.3. The third kappa shape index (κ3) is 2.88. The zero-order chi connectivity index (χ0) is 14.5. The molecule has 1 aromatic carbocycles. The van der Waals surface area contributed by atoms with Crippen molar-refractivity contribution >= 4 is 11.5 Å². The predicted octanol–water partition coefficient (Wildman–Crippen LogP) is 1.58. The normalized spacial score (nSPS) is 10.6. The number of anilines is 2. The van der Waals surface area contributed by atoms with Gasteiger partial charge in [-0.1, -0.05) is 18.2 Å². The Morgan fingerprint density at radius 2 is 2.10 bits per heavy atom. The van der Waals surface area contributed by atoms with Gasteiger partial charge in [-0.05, 0) is 31.5 Å². The zero-order valence-corrected chi connectivity index (χ0v) is 11.9. The third-order valence-electron chi connectivity index (χ3n) is 3.25. The number of hydrogen-bond donors (Lipinski definition) is 1. The molecule has 0 bridgehead atoms. The Morgan fingerprint density at radius 3 is 2.80 bits per heavy atom. The molecule has 0 amide bonds. The van der Waals surface area contributed by atoms with Crippen LogP contribution in [-0.2, 0) is 7.05 Å². The maximum absolute atomic E-state index is 12.3. The molecule has 20 heavy (non-hydrogen) atoms. The first-order chi connectivity index (χ1) is 9.65. The lowest BCUT2D eigenvalue weighted by atomic mass is 10.1. The van der Waals surface area contributed by atoms with Crippen molar-refractivity contribution in [2.75, 3.05) is 18.0 Å². The van der Waals surface area contributed by atoms with Gasteiger partial charge in [-0.25, -0.2) is 4.98 Å². The quantitative estimate of drug-likeness (QED) is 0.897. The van der Waals surface area contributed by atoms with Gasteiger partial charge in [-0.15, -0.1) is 0 Å². The second-order valence-corrected chi connectivity index (χ2v) is 4.75. The molecular formula is C15H20N4O. The minimum Gasteiger partial charge on any atom is -0.330 e. The van der Waals surface area contributed by atoms with Crippen LogP contribution in [0.3, 0.4) is 0 Å². The molecule has 1 aromatic heterocycles. The minimum atomic E-state index is -0.104. The molecule has 0 spiro atoms. The molecule has 0 radical (unpaired) electrons. The van der Waals surface area contributed by atoms with E-state index < -0.39 is 0 Å². The Bertz CT molecular complexity index is 636. The molecule has 0 fully saturated rings. The number of hydrogen-bond acceptors (Lipinski definition) is 4. The van der Waals surface area contributed by atoms with Crippen molar-refractivity contribution in [1.82, 2.24) is 9.55 Å². The van der Waals surface area contributed by atoms with Crippen molar-refractivity contribution in [1.29, 1.82) is 0 Å². The molecule has 0 atom stereocenters. The highest BCUT2D eigenvalue weighted by Gasteiger charge is 2.16. The minimum absolute atomic E-state index is 0.104. The number of nitrogens with zero attached hydrogens (tertiary/aromatic N) is 3. The average molecular weight is 272 g/mol. The summed E-state index contributed by atoms with van der Waals surface area (Å²) in [4.78, 5) is 18.5. The summed E-state index contributed by atoms with van der Waals surface area (Å²) in [5, 5.41) is 0. The van der Waals surface area contributed by atoms with E-state index in [2.05, 4.69) is 4.98 Å². The van der Waals surface area contributed by atoms with Crippen molar-refractivity contribution in [3.05, 3.63) is 52.6 Å². The number of nitrogens with two attached hydrogens (primary N) is 1. The van der Waals surface area contributed by atoms with E-state index in [9.17, 15) is 4.79 Å². The van der Waals surface area contributed by atoms with Gasteiger partial charge in [-0.3, -0.25) is 4.79 Å². The molecule has 5 heteroatoms. The maximum Gasteiger partial charge on any atom is 0.293 e. The van der Waals surface area contributed by atoms with Crippen LogP contribution in [-0.4, -0.2) is 22.6 Å². The second-order valence-electron chi connectivity index (χ2n) is 4.75. The van der Waals surface area contributed by atoms with E-state index >= 15 is 0 Å². The predicted molar refractivity (Wildman–Crippen MR) is 81.3 cm³/mol. The van der Waals surface area contributed by atoms with Crippen LogP contribution >= 0.6 is 0 Å². The van der Waals surface area contributed by atoms with Gasteiger partial charge in [0.2, 0.25) is 0 Å². The molecule has 0 aliphatic heterocycles. The Balaban J connectivity index is 2.50. The van der Waals surface area contributed by atoms with E-state index in [0.29, 0.717) is 18.9 Å². The summed E-state index contributed by atoms with van der Waals surface area (Å²) in [6.45, 7) is 3.28. The monoisotopic (exact) mass is 272 g/mol. The van der Waals surface area contributed by atoms with Crippen molar-refractivity contribution in [3.8, 4) is 0 Å². The lowest BCUT2D eigenvalue weighted by molar-refractivity contribution is 0.779. The Labute approximate surface area is 118 Å². The summed E-state index contributed by atoms with van der Waals surface area (Å²) in [6, 6.07) is 7.97. The average Bonchev–Trinajstić information content (AvgIpc) is 2.45. The largest absolute Gasteiger partial charge is 0.330 e. The SMILES string of the molecule is Cc1ccccc1N(CCCN)c1nccn(C)c1=O. The Morgan fingerprint density at radius 1 is 1.35 bits per heavy atom. The summed E-state index contributed by atoms with van der Waals surface area (Å²) >= 11 is 0. The van der Waals surface area contributed by atoms with Gasteiger partial charge in [-0.2, -0.15) is 0 Å². The summed E-state index contributed by atoms with van der Waals surface area (Å²) < 4.78 is 1.54. The highest BCUT2D eigenvalue weighted by molar-refractivity contribution is 5.62. The molecule has 0 aliphatic carbocycles. The molecule has 1 heterocycles. The smallest absolute Gasteiger partial charge is 0.293 e. The lowest BCUT2D eigenvalue weighted by Crippen LogP contribution is -2.31. The van der Waals surface area contributed by atoms with E-state index in [1.807, 2.05) is 36.1 Å². The van der Waals surface area contributed by atoms with E-state index in [4.69, 9.17) is 5.73 Å². The van der Waals surface area contributed by atoms with Crippen molar-refractivity contribution in [3.63, 3.8) is 0 Å². The number of aryl methyl sites for hydroxylation is 2.